The van der Waals surface area contributed by atoms with Crippen molar-refractivity contribution in [2.45, 2.75) is 23.3 Å². The summed E-state index contributed by atoms with van der Waals surface area (Å²) in [7, 11) is 0. The minimum atomic E-state index is -0.227. The highest BCUT2D eigenvalue weighted by atomic mass is 32.2. The van der Waals surface area contributed by atoms with Gasteiger partial charge in [-0.1, -0.05) is 102 Å². The SMILES string of the molecule is C[C@]12SC(c3ccccc3)=NC1=c1sc3ccccc3c1=C1N=C(c3ccccc3)S[C@@]12C. The molecule has 0 saturated carbocycles. The Morgan fingerprint density at radius 1 is 0.606 bits per heavy atom. The van der Waals surface area contributed by atoms with Gasteiger partial charge in [0, 0.05) is 26.4 Å². The first kappa shape index (κ1) is 19.8. The lowest BCUT2D eigenvalue weighted by atomic mass is 9.83. The number of rotatable bonds is 2. The van der Waals surface area contributed by atoms with Crippen LogP contribution in [0.5, 0.6) is 0 Å². The van der Waals surface area contributed by atoms with Gasteiger partial charge in [-0.25, -0.2) is 9.98 Å². The van der Waals surface area contributed by atoms with Gasteiger partial charge in [-0.3, -0.25) is 0 Å². The number of nitrogens with zero attached hydrogens (tertiary/aromatic N) is 2. The van der Waals surface area contributed by atoms with E-state index in [4.69, 9.17) is 9.98 Å². The summed E-state index contributed by atoms with van der Waals surface area (Å²) in [6.45, 7) is 4.74. The fraction of sp³-hybridized carbons (Fsp3) is 0.143. The normalized spacial score (nSPS) is 25.5. The Kier molecular flexibility index (Phi) is 4.18. The molecule has 3 aromatic carbocycles. The van der Waals surface area contributed by atoms with Crippen LogP contribution in [0, 0.1) is 0 Å². The molecule has 0 bridgehead atoms. The average molecular weight is 481 g/mol. The zero-order valence-electron chi connectivity index (χ0n) is 18.2. The standard InChI is InChI=1S/C28H20N2S3/c1-27-23(29-25(32-27)17-11-5-3-6-12-17)21-19-15-9-10-16-20(19)31-22(21)24-28(27,2)33-26(30-24)18-13-7-4-8-14-18/h3-16H,1-2H3/t27-,28-/m0/s1. The van der Waals surface area contributed by atoms with Gasteiger partial charge in [0.2, 0.25) is 0 Å². The first-order valence-corrected chi connectivity index (χ1v) is 13.5. The first-order valence-electron chi connectivity index (χ1n) is 11.0. The Hall–Kier alpha value is -2.60. The van der Waals surface area contributed by atoms with E-state index in [0.29, 0.717) is 0 Å². The van der Waals surface area contributed by atoms with E-state index in [9.17, 15) is 0 Å². The molecule has 0 amide bonds. The second-order valence-electron chi connectivity index (χ2n) is 8.84. The maximum absolute atomic E-state index is 5.34. The van der Waals surface area contributed by atoms with Crippen molar-refractivity contribution < 1.29 is 0 Å². The largest absolute Gasteiger partial charge is 0.244 e. The van der Waals surface area contributed by atoms with E-state index in [1.54, 1.807) is 0 Å². The molecule has 0 spiro atoms. The van der Waals surface area contributed by atoms with Gasteiger partial charge in [0.05, 0.1) is 25.4 Å². The number of thioether (sulfide) groups is 2. The highest BCUT2D eigenvalue weighted by Crippen LogP contribution is 2.62. The Morgan fingerprint density at radius 3 is 1.76 bits per heavy atom. The van der Waals surface area contributed by atoms with Crippen LogP contribution < -0.4 is 9.75 Å². The van der Waals surface area contributed by atoms with Gasteiger partial charge in [-0.15, -0.1) is 11.3 Å². The van der Waals surface area contributed by atoms with Crippen LogP contribution in [0.25, 0.3) is 21.5 Å². The smallest absolute Gasteiger partial charge is 0.105 e. The Balaban J connectivity index is 1.59. The van der Waals surface area contributed by atoms with Crippen molar-refractivity contribution in [2.75, 3.05) is 0 Å². The van der Waals surface area contributed by atoms with E-state index in [-0.39, 0.29) is 9.49 Å². The second kappa shape index (κ2) is 6.95. The zero-order valence-corrected chi connectivity index (χ0v) is 20.7. The second-order valence-corrected chi connectivity index (χ2v) is 12.7. The van der Waals surface area contributed by atoms with Crippen LogP contribution in [0.3, 0.4) is 0 Å². The molecule has 1 aliphatic carbocycles. The van der Waals surface area contributed by atoms with Crippen molar-refractivity contribution in [1.82, 2.24) is 0 Å². The molecule has 2 nitrogen and oxygen atoms in total. The molecule has 0 N–H and O–H groups in total. The third-order valence-electron chi connectivity index (χ3n) is 6.93. The Bertz CT molecular complexity index is 1630. The summed E-state index contributed by atoms with van der Waals surface area (Å²) in [6.07, 6.45) is 0. The van der Waals surface area contributed by atoms with Crippen molar-refractivity contribution >= 4 is 66.4 Å². The summed E-state index contributed by atoms with van der Waals surface area (Å²) in [5, 5.41) is 4.78. The van der Waals surface area contributed by atoms with Crippen molar-refractivity contribution in [3.63, 3.8) is 0 Å². The number of aliphatic imine (C=N–C) groups is 2. The highest BCUT2D eigenvalue weighted by Gasteiger charge is 2.60. The molecule has 0 unspecified atom stereocenters. The van der Waals surface area contributed by atoms with Crippen LogP contribution in [0.1, 0.15) is 25.0 Å². The van der Waals surface area contributed by atoms with Gasteiger partial charge in [0.25, 0.3) is 0 Å². The maximum Gasteiger partial charge on any atom is 0.105 e. The molecule has 3 heterocycles. The summed E-state index contributed by atoms with van der Waals surface area (Å²) in [6, 6.07) is 29.9. The minimum Gasteiger partial charge on any atom is -0.244 e. The van der Waals surface area contributed by atoms with Gasteiger partial charge in [-0.2, -0.15) is 0 Å². The third kappa shape index (κ3) is 2.64. The molecular formula is C28H20N2S3. The van der Waals surface area contributed by atoms with Gasteiger partial charge in [-0.05, 0) is 19.9 Å². The van der Waals surface area contributed by atoms with Crippen LogP contribution in [0.4, 0.5) is 0 Å². The fourth-order valence-electron chi connectivity index (χ4n) is 5.01. The Morgan fingerprint density at radius 2 is 1.12 bits per heavy atom. The lowest BCUT2D eigenvalue weighted by Crippen LogP contribution is -2.52. The molecule has 0 fully saturated rings. The third-order valence-corrected chi connectivity index (χ3v) is 11.3. The molecule has 2 aliphatic heterocycles. The van der Waals surface area contributed by atoms with Gasteiger partial charge in [0.15, 0.2) is 0 Å². The summed E-state index contributed by atoms with van der Waals surface area (Å²) < 4.78 is 2.14. The predicted octanol–water partition coefficient (Wildman–Crippen LogP) is 6.04. The van der Waals surface area contributed by atoms with E-state index in [2.05, 4.69) is 98.8 Å². The molecule has 2 atom stereocenters. The quantitative estimate of drug-likeness (QED) is 0.350. The molecule has 33 heavy (non-hydrogen) atoms. The molecule has 5 heteroatoms. The molecule has 4 aromatic rings. The summed E-state index contributed by atoms with van der Waals surface area (Å²) >= 11 is 5.66. The van der Waals surface area contributed by atoms with E-state index >= 15 is 0 Å². The van der Waals surface area contributed by atoms with E-state index in [1.807, 2.05) is 34.9 Å². The van der Waals surface area contributed by atoms with Crippen LogP contribution >= 0.6 is 34.9 Å². The predicted molar refractivity (Wildman–Crippen MR) is 146 cm³/mol. The number of benzene rings is 3. The van der Waals surface area contributed by atoms with Crippen LogP contribution in [-0.4, -0.2) is 19.6 Å². The van der Waals surface area contributed by atoms with Gasteiger partial charge < -0.3 is 0 Å². The molecule has 0 radical (unpaired) electrons. The highest BCUT2D eigenvalue weighted by molar-refractivity contribution is 8.20. The molecule has 1 aromatic heterocycles. The molecule has 0 saturated heterocycles. The summed E-state index contributed by atoms with van der Waals surface area (Å²) in [4.78, 5) is 10.7. The Labute approximate surface area is 204 Å². The lowest BCUT2D eigenvalue weighted by molar-refractivity contribution is 0.674. The minimum absolute atomic E-state index is 0.216. The monoisotopic (exact) mass is 480 g/mol. The lowest BCUT2D eigenvalue weighted by Gasteiger charge is -2.42. The number of hydrogen-bond acceptors (Lipinski definition) is 5. The van der Waals surface area contributed by atoms with Crippen LogP contribution in [-0.2, 0) is 0 Å². The molecule has 3 aliphatic rings. The van der Waals surface area contributed by atoms with Crippen molar-refractivity contribution in [3.8, 4) is 0 Å². The number of thiophene rings is 1. The number of fused-ring (bicyclic) bond motifs is 6. The maximum atomic E-state index is 5.34. The average Bonchev–Trinajstić information content (AvgIpc) is 3.52. The molecule has 7 rings (SSSR count). The van der Waals surface area contributed by atoms with Gasteiger partial charge in [0.1, 0.15) is 10.1 Å². The molecule has 160 valence electrons. The van der Waals surface area contributed by atoms with Crippen molar-refractivity contribution in [3.05, 3.63) is 106 Å². The van der Waals surface area contributed by atoms with Crippen LogP contribution in [0.15, 0.2) is 94.9 Å². The topological polar surface area (TPSA) is 24.7 Å². The fourth-order valence-corrected chi connectivity index (χ4v) is 9.25. The van der Waals surface area contributed by atoms with Crippen molar-refractivity contribution in [1.29, 1.82) is 0 Å². The summed E-state index contributed by atoms with van der Waals surface area (Å²) in [5.74, 6) is 0. The summed E-state index contributed by atoms with van der Waals surface area (Å²) in [5.41, 5.74) is 4.77. The molecular weight excluding hydrogens is 461 g/mol. The van der Waals surface area contributed by atoms with Gasteiger partial charge >= 0.3 is 0 Å². The number of hydrogen-bond donors (Lipinski definition) is 0. The zero-order chi connectivity index (χ0) is 22.2. The van der Waals surface area contributed by atoms with E-state index in [1.165, 1.54) is 42.4 Å². The first-order chi connectivity index (χ1) is 16.1. The van der Waals surface area contributed by atoms with Crippen LogP contribution in [0.2, 0.25) is 0 Å². The van der Waals surface area contributed by atoms with E-state index in [0.717, 1.165) is 10.1 Å². The van der Waals surface area contributed by atoms with Crippen molar-refractivity contribution in [2.24, 2.45) is 9.98 Å². The van der Waals surface area contributed by atoms with E-state index < -0.39 is 0 Å².